The number of hydrogen-bond donors (Lipinski definition) is 1. The van der Waals surface area contributed by atoms with Gasteiger partial charge in [-0.1, -0.05) is 11.2 Å². The van der Waals surface area contributed by atoms with E-state index in [1.165, 1.54) is 6.07 Å². The molecule has 0 spiro atoms. The Bertz CT molecular complexity index is 582. The first-order chi connectivity index (χ1) is 8.11. The molecule has 0 unspecified atom stereocenters. The number of aromatic nitrogens is 3. The van der Waals surface area contributed by atoms with Gasteiger partial charge in [0.2, 0.25) is 5.89 Å². The number of aryl methyl sites for hydroxylation is 1. The van der Waals surface area contributed by atoms with Crippen LogP contribution in [0.5, 0.6) is 0 Å². The normalized spacial score (nSPS) is 11.2. The highest BCUT2D eigenvalue weighted by Gasteiger charge is 2.17. The van der Waals surface area contributed by atoms with Gasteiger partial charge < -0.3 is 14.5 Å². The van der Waals surface area contributed by atoms with E-state index in [1.54, 1.807) is 13.0 Å². The van der Waals surface area contributed by atoms with E-state index >= 15 is 0 Å². The second-order valence-electron chi connectivity index (χ2n) is 3.36. The number of allylic oxidation sites excluding steroid dienone is 1. The Balaban J connectivity index is 2.39. The van der Waals surface area contributed by atoms with Gasteiger partial charge in [-0.2, -0.15) is 0 Å². The summed E-state index contributed by atoms with van der Waals surface area (Å²) in [6.45, 7) is 3.64. The molecular weight excluding hydrogens is 224 g/mol. The van der Waals surface area contributed by atoms with Crippen molar-refractivity contribution in [3.63, 3.8) is 0 Å². The molecule has 7 nitrogen and oxygen atoms in total. The van der Waals surface area contributed by atoms with Crippen LogP contribution in [0.4, 0.5) is 5.82 Å². The van der Waals surface area contributed by atoms with Gasteiger partial charge in [0.25, 0.3) is 0 Å². The van der Waals surface area contributed by atoms with E-state index in [4.69, 9.17) is 4.42 Å². The second-order valence-corrected chi connectivity index (χ2v) is 3.36. The average molecular weight is 234 g/mol. The molecule has 0 radical (unpaired) electrons. The number of oxazole rings is 1. The predicted octanol–water partition coefficient (Wildman–Crippen LogP) is 2.31. The van der Waals surface area contributed by atoms with Gasteiger partial charge in [-0.05, 0) is 24.8 Å². The molecule has 0 fully saturated rings. The van der Waals surface area contributed by atoms with Crippen LogP contribution in [0.1, 0.15) is 18.4 Å². The van der Waals surface area contributed by atoms with Gasteiger partial charge >= 0.3 is 5.82 Å². The molecule has 1 N–H and O–H groups in total. The topological polar surface area (TPSA) is 97.8 Å². The van der Waals surface area contributed by atoms with E-state index in [2.05, 4.69) is 15.2 Å². The first-order valence-corrected chi connectivity index (χ1v) is 4.92. The largest absolute Gasteiger partial charge is 0.439 e. The summed E-state index contributed by atoms with van der Waals surface area (Å²) in [4.78, 5) is 14.1. The van der Waals surface area contributed by atoms with Gasteiger partial charge in [0.15, 0.2) is 5.69 Å². The van der Waals surface area contributed by atoms with E-state index in [0.29, 0.717) is 17.1 Å². The molecule has 17 heavy (non-hydrogen) atoms. The molecular formula is C10H10N4O3. The van der Waals surface area contributed by atoms with Crippen molar-refractivity contribution in [3.05, 3.63) is 33.7 Å². The number of rotatable bonds is 3. The molecule has 0 amide bonds. The van der Waals surface area contributed by atoms with Gasteiger partial charge in [-0.3, -0.25) is 0 Å². The minimum absolute atomic E-state index is 0.191. The lowest BCUT2D eigenvalue weighted by atomic mass is 10.3. The molecule has 2 aromatic rings. The zero-order valence-electron chi connectivity index (χ0n) is 9.30. The number of nitrogens with zero attached hydrogens (tertiary/aromatic N) is 3. The third-order valence-corrected chi connectivity index (χ3v) is 2.14. The van der Waals surface area contributed by atoms with Crippen LogP contribution in [0.25, 0.3) is 17.7 Å². The Kier molecular flexibility index (Phi) is 2.73. The fraction of sp³-hybridized carbons (Fsp3) is 0.200. The molecule has 0 aliphatic heterocycles. The lowest BCUT2D eigenvalue weighted by Gasteiger charge is -1.84. The summed E-state index contributed by atoms with van der Waals surface area (Å²) in [7, 11) is 0. The van der Waals surface area contributed by atoms with Gasteiger partial charge in [-0.15, -0.1) is 5.10 Å². The standard InChI is InChI=1S/C10H10N4O3/c1-3-4-7-6(2)17-10(11-7)8-5-9(13-12-8)14(15)16/h3-5H,1-2H3,(H,12,13)/b4-3-. The Morgan fingerprint density at radius 1 is 1.59 bits per heavy atom. The van der Waals surface area contributed by atoms with Crippen molar-refractivity contribution in [3.8, 4) is 11.6 Å². The van der Waals surface area contributed by atoms with Gasteiger partial charge in [0, 0.05) is 0 Å². The Hall–Kier alpha value is -2.44. The molecule has 0 saturated heterocycles. The van der Waals surface area contributed by atoms with E-state index in [0.717, 1.165) is 0 Å². The summed E-state index contributed by atoms with van der Waals surface area (Å²) in [5, 5.41) is 16.6. The maximum atomic E-state index is 10.5. The highest BCUT2D eigenvalue weighted by Crippen LogP contribution is 2.23. The summed E-state index contributed by atoms with van der Waals surface area (Å²) in [5.41, 5.74) is 1.00. The molecule has 0 saturated carbocycles. The Morgan fingerprint density at radius 2 is 2.35 bits per heavy atom. The molecule has 0 aromatic carbocycles. The zero-order chi connectivity index (χ0) is 12.4. The van der Waals surface area contributed by atoms with Crippen LogP contribution in [0, 0.1) is 17.0 Å². The Morgan fingerprint density at radius 3 is 2.94 bits per heavy atom. The van der Waals surface area contributed by atoms with Crippen molar-refractivity contribution in [1.82, 2.24) is 15.2 Å². The minimum atomic E-state index is -0.556. The number of H-pyrrole nitrogens is 1. The molecule has 0 atom stereocenters. The van der Waals surface area contributed by atoms with Gasteiger partial charge in [0.1, 0.15) is 11.5 Å². The van der Waals surface area contributed by atoms with Gasteiger partial charge in [0.05, 0.1) is 6.07 Å². The van der Waals surface area contributed by atoms with Gasteiger partial charge in [-0.25, -0.2) is 4.98 Å². The van der Waals surface area contributed by atoms with Crippen molar-refractivity contribution in [2.75, 3.05) is 0 Å². The monoisotopic (exact) mass is 234 g/mol. The third-order valence-electron chi connectivity index (χ3n) is 2.14. The molecule has 88 valence electrons. The number of hydrogen-bond acceptors (Lipinski definition) is 5. The molecule has 2 aromatic heterocycles. The molecule has 7 heteroatoms. The first kappa shape index (κ1) is 11.1. The number of nitrogens with one attached hydrogen (secondary N) is 1. The van der Waals surface area contributed by atoms with Crippen LogP contribution in [0.3, 0.4) is 0 Å². The third kappa shape index (κ3) is 2.07. The second kappa shape index (κ2) is 4.20. The summed E-state index contributed by atoms with van der Waals surface area (Å²) in [5.74, 6) is 0.715. The SMILES string of the molecule is C/C=C\c1nc(-c2cc([N+](=O)[O-])[nH]n2)oc1C. The van der Waals surface area contributed by atoms with Crippen LogP contribution < -0.4 is 0 Å². The van der Waals surface area contributed by atoms with Crippen LogP contribution in [0.2, 0.25) is 0 Å². The highest BCUT2D eigenvalue weighted by molar-refractivity contribution is 5.55. The smallest absolute Gasteiger partial charge is 0.343 e. The quantitative estimate of drug-likeness (QED) is 0.649. The number of nitro groups is 1. The van der Waals surface area contributed by atoms with Crippen LogP contribution >= 0.6 is 0 Å². The van der Waals surface area contributed by atoms with Crippen LogP contribution in [-0.4, -0.2) is 20.1 Å². The van der Waals surface area contributed by atoms with Crippen molar-refractivity contribution in [1.29, 1.82) is 0 Å². The Labute approximate surface area is 96.3 Å². The van der Waals surface area contributed by atoms with E-state index < -0.39 is 4.92 Å². The average Bonchev–Trinajstić information content (AvgIpc) is 2.86. The maximum Gasteiger partial charge on any atom is 0.343 e. The fourth-order valence-electron chi connectivity index (χ4n) is 1.34. The zero-order valence-corrected chi connectivity index (χ0v) is 9.30. The fourth-order valence-corrected chi connectivity index (χ4v) is 1.34. The summed E-state index contributed by atoms with van der Waals surface area (Å²) < 4.78 is 5.38. The van der Waals surface area contributed by atoms with Crippen molar-refractivity contribution >= 4 is 11.9 Å². The number of aromatic amines is 1. The molecule has 0 aliphatic rings. The lowest BCUT2D eigenvalue weighted by molar-refractivity contribution is -0.389. The molecule has 2 heterocycles. The molecule has 0 bridgehead atoms. The van der Waals surface area contributed by atoms with Crippen LogP contribution in [-0.2, 0) is 0 Å². The highest BCUT2D eigenvalue weighted by atomic mass is 16.6. The summed E-state index contributed by atoms with van der Waals surface area (Å²) >= 11 is 0. The predicted molar refractivity (Wildman–Crippen MR) is 60.2 cm³/mol. The minimum Gasteiger partial charge on any atom is -0.439 e. The van der Waals surface area contributed by atoms with E-state index in [1.807, 2.05) is 13.0 Å². The van der Waals surface area contributed by atoms with E-state index in [-0.39, 0.29) is 11.7 Å². The van der Waals surface area contributed by atoms with E-state index in [9.17, 15) is 10.1 Å². The lowest BCUT2D eigenvalue weighted by Crippen LogP contribution is -1.86. The van der Waals surface area contributed by atoms with Crippen molar-refractivity contribution in [2.24, 2.45) is 0 Å². The summed E-state index contributed by atoms with van der Waals surface area (Å²) in [6.07, 6.45) is 3.63. The molecule has 0 aliphatic carbocycles. The van der Waals surface area contributed by atoms with Crippen LogP contribution in [0.15, 0.2) is 16.6 Å². The first-order valence-electron chi connectivity index (χ1n) is 4.92. The van der Waals surface area contributed by atoms with Crippen molar-refractivity contribution < 1.29 is 9.34 Å². The molecule has 2 rings (SSSR count). The van der Waals surface area contributed by atoms with Crippen molar-refractivity contribution in [2.45, 2.75) is 13.8 Å². The summed E-state index contributed by atoms with van der Waals surface area (Å²) in [6, 6.07) is 1.28. The maximum absolute atomic E-state index is 10.5.